The number of thiophene rings is 1. The third kappa shape index (κ3) is 4.36. The molecule has 1 amide bonds. The van der Waals surface area contributed by atoms with Crippen LogP contribution in [0.25, 0.3) is 11.1 Å². The van der Waals surface area contributed by atoms with E-state index in [0.717, 1.165) is 10.4 Å². The summed E-state index contributed by atoms with van der Waals surface area (Å²) in [5.41, 5.74) is 1.44. The number of oxazole rings is 1. The van der Waals surface area contributed by atoms with Crippen molar-refractivity contribution in [1.29, 1.82) is 0 Å². The monoisotopic (exact) mass is 422 g/mol. The van der Waals surface area contributed by atoms with Crippen LogP contribution in [0.5, 0.6) is 0 Å². The number of aromatic nitrogens is 1. The van der Waals surface area contributed by atoms with Crippen LogP contribution in [0.3, 0.4) is 0 Å². The standard InChI is InChI=1S/C18H18N2O4S3/c21-17(11-26-18-19-15-5-1-2-6-16(15)24-18)20(10-14-4-3-8-25-14)13-7-9-27(22,23)12-13/h1-6,8,13H,7,9-12H2/t13-/m1/s1. The normalized spacial score (nSPS) is 18.7. The number of hydrogen-bond acceptors (Lipinski definition) is 7. The van der Waals surface area contributed by atoms with Crippen molar-refractivity contribution in [3.8, 4) is 0 Å². The summed E-state index contributed by atoms with van der Waals surface area (Å²) >= 11 is 2.80. The molecular formula is C18H18N2O4S3. The fourth-order valence-electron chi connectivity index (χ4n) is 3.13. The van der Waals surface area contributed by atoms with Gasteiger partial charge in [0.1, 0.15) is 5.52 Å². The van der Waals surface area contributed by atoms with Crippen LogP contribution in [-0.4, -0.2) is 47.5 Å². The summed E-state index contributed by atoms with van der Waals surface area (Å²) < 4.78 is 29.4. The molecule has 0 N–H and O–H groups in total. The van der Waals surface area contributed by atoms with Crippen molar-refractivity contribution < 1.29 is 17.6 Å². The number of fused-ring (bicyclic) bond motifs is 1. The molecule has 9 heteroatoms. The fourth-order valence-corrected chi connectivity index (χ4v) is 6.29. The lowest BCUT2D eigenvalue weighted by Crippen LogP contribution is -2.41. The van der Waals surface area contributed by atoms with Crippen LogP contribution in [-0.2, 0) is 21.2 Å². The van der Waals surface area contributed by atoms with Crippen LogP contribution in [0.4, 0.5) is 0 Å². The second-order valence-electron chi connectivity index (χ2n) is 6.39. The summed E-state index contributed by atoms with van der Waals surface area (Å²) in [5.74, 6) is 0.245. The zero-order valence-corrected chi connectivity index (χ0v) is 16.9. The molecule has 0 saturated carbocycles. The van der Waals surface area contributed by atoms with Crippen LogP contribution >= 0.6 is 23.1 Å². The first-order valence-corrected chi connectivity index (χ1v) is 12.2. The molecule has 1 fully saturated rings. The van der Waals surface area contributed by atoms with Crippen LogP contribution in [0.1, 0.15) is 11.3 Å². The van der Waals surface area contributed by atoms with Gasteiger partial charge in [-0.3, -0.25) is 4.79 Å². The van der Waals surface area contributed by atoms with Gasteiger partial charge in [0.2, 0.25) is 5.91 Å². The molecule has 142 valence electrons. The average Bonchev–Trinajstić information content (AvgIpc) is 3.36. The summed E-state index contributed by atoms with van der Waals surface area (Å²) in [4.78, 5) is 20.0. The number of carbonyl (C=O) groups is 1. The van der Waals surface area contributed by atoms with Gasteiger partial charge in [0.15, 0.2) is 15.4 Å². The van der Waals surface area contributed by atoms with Gasteiger partial charge < -0.3 is 9.32 Å². The lowest BCUT2D eigenvalue weighted by Gasteiger charge is -2.27. The van der Waals surface area contributed by atoms with Crippen LogP contribution < -0.4 is 0 Å². The highest BCUT2D eigenvalue weighted by molar-refractivity contribution is 7.99. The van der Waals surface area contributed by atoms with E-state index in [9.17, 15) is 13.2 Å². The third-order valence-electron chi connectivity index (χ3n) is 4.47. The van der Waals surface area contributed by atoms with Crippen LogP contribution in [0.15, 0.2) is 51.4 Å². The van der Waals surface area contributed by atoms with E-state index >= 15 is 0 Å². The van der Waals surface area contributed by atoms with E-state index in [0.29, 0.717) is 23.8 Å². The number of thioether (sulfide) groups is 1. The first-order chi connectivity index (χ1) is 13.0. The van der Waals surface area contributed by atoms with E-state index in [1.165, 1.54) is 11.8 Å². The first-order valence-electron chi connectivity index (χ1n) is 8.51. The van der Waals surface area contributed by atoms with Gasteiger partial charge in [-0.2, -0.15) is 0 Å². The molecule has 1 aliphatic rings. The Bertz CT molecular complexity index is 1010. The van der Waals surface area contributed by atoms with Gasteiger partial charge in [-0.15, -0.1) is 11.3 Å². The van der Waals surface area contributed by atoms with E-state index in [1.807, 2.05) is 41.8 Å². The van der Waals surface area contributed by atoms with Crippen molar-refractivity contribution in [2.45, 2.75) is 24.2 Å². The Morgan fingerprint density at radius 2 is 2.15 bits per heavy atom. The Morgan fingerprint density at radius 1 is 1.30 bits per heavy atom. The molecule has 0 aliphatic carbocycles. The number of benzene rings is 1. The molecule has 0 spiro atoms. The SMILES string of the molecule is O=C(CSc1nc2ccccc2o1)N(Cc1cccs1)[C@@H]1CCS(=O)(=O)C1. The van der Waals surface area contributed by atoms with Gasteiger partial charge in [-0.1, -0.05) is 30.0 Å². The Morgan fingerprint density at radius 3 is 2.85 bits per heavy atom. The predicted octanol–water partition coefficient (Wildman–Crippen LogP) is 3.20. The summed E-state index contributed by atoms with van der Waals surface area (Å²) in [6.07, 6.45) is 0.493. The summed E-state index contributed by atoms with van der Waals surface area (Å²) in [6, 6.07) is 11.1. The van der Waals surface area contributed by atoms with Crippen molar-refractivity contribution in [2.75, 3.05) is 17.3 Å². The van der Waals surface area contributed by atoms with Gasteiger partial charge in [0, 0.05) is 10.9 Å². The maximum atomic E-state index is 12.9. The molecule has 2 aromatic heterocycles. The lowest BCUT2D eigenvalue weighted by atomic mass is 10.2. The molecule has 6 nitrogen and oxygen atoms in total. The number of nitrogens with zero attached hydrogens (tertiary/aromatic N) is 2. The molecule has 3 aromatic rings. The molecule has 1 aliphatic heterocycles. The summed E-state index contributed by atoms with van der Waals surface area (Å²) in [6.45, 7) is 0.435. The maximum absolute atomic E-state index is 12.9. The second kappa shape index (κ2) is 7.65. The van der Waals surface area contributed by atoms with E-state index in [4.69, 9.17) is 4.42 Å². The highest BCUT2D eigenvalue weighted by Gasteiger charge is 2.34. The predicted molar refractivity (Wildman–Crippen MR) is 107 cm³/mol. The number of sulfone groups is 1. The molecule has 3 heterocycles. The largest absolute Gasteiger partial charge is 0.431 e. The number of amides is 1. The Hall–Kier alpha value is -1.84. The van der Waals surface area contributed by atoms with Crippen molar-refractivity contribution in [3.63, 3.8) is 0 Å². The molecule has 0 radical (unpaired) electrons. The summed E-state index contributed by atoms with van der Waals surface area (Å²) in [5, 5.41) is 2.40. The number of para-hydroxylation sites is 2. The Labute approximate surface area is 165 Å². The van der Waals surface area contributed by atoms with Gasteiger partial charge in [-0.05, 0) is 30.0 Å². The third-order valence-corrected chi connectivity index (χ3v) is 7.89. The Kier molecular flexibility index (Phi) is 5.25. The molecule has 4 rings (SSSR count). The topological polar surface area (TPSA) is 80.5 Å². The number of rotatable bonds is 6. The minimum atomic E-state index is -3.07. The van der Waals surface area contributed by atoms with Gasteiger partial charge in [0.05, 0.1) is 23.8 Å². The zero-order valence-electron chi connectivity index (χ0n) is 14.4. The van der Waals surface area contributed by atoms with Crippen molar-refractivity contribution in [2.24, 2.45) is 0 Å². The van der Waals surface area contributed by atoms with E-state index < -0.39 is 9.84 Å². The van der Waals surface area contributed by atoms with Gasteiger partial charge in [0.25, 0.3) is 5.22 Å². The smallest absolute Gasteiger partial charge is 0.257 e. The van der Waals surface area contributed by atoms with E-state index in [2.05, 4.69) is 4.98 Å². The fraction of sp³-hybridized carbons (Fsp3) is 0.333. The zero-order chi connectivity index (χ0) is 18.9. The van der Waals surface area contributed by atoms with Gasteiger partial charge >= 0.3 is 0 Å². The van der Waals surface area contributed by atoms with Gasteiger partial charge in [-0.25, -0.2) is 13.4 Å². The lowest BCUT2D eigenvalue weighted by molar-refractivity contribution is -0.130. The molecule has 1 saturated heterocycles. The number of hydrogen-bond donors (Lipinski definition) is 0. The molecule has 1 atom stereocenters. The van der Waals surface area contributed by atoms with Crippen LogP contribution in [0, 0.1) is 0 Å². The van der Waals surface area contributed by atoms with Crippen molar-refractivity contribution >= 4 is 49.9 Å². The Balaban J connectivity index is 1.47. The molecule has 27 heavy (non-hydrogen) atoms. The minimum absolute atomic E-state index is 0.0394. The second-order valence-corrected chi connectivity index (χ2v) is 10.6. The maximum Gasteiger partial charge on any atom is 0.257 e. The minimum Gasteiger partial charge on any atom is -0.431 e. The average molecular weight is 423 g/mol. The highest BCUT2D eigenvalue weighted by Crippen LogP contribution is 2.26. The summed E-state index contributed by atoms with van der Waals surface area (Å²) in [7, 11) is -3.07. The molecule has 0 unspecified atom stereocenters. The molecular weight excluding hydrogens is 404 g/mol. The van der Waals surface area contributed by atoms with Crippen LogP contribution in [0.2, 0.25) is 0 Å². The van der Waals surface area contributed by atoms with E-state index in [1.54, 1.807) is 16.2 Å². The van der Waals surface area contributed by atoms with E-state index in [-0.39, 0.29) is 29.2 Å². The number of carbonyl (C=O) groups excluding carboxylic acids is 1. The highest BCUT2D eigenvalue weighted by atomic mass is 32.2. The molecule has 1 aromatic carbocycles. The first kappa shape index (κ1) is 18.5. The van der Waals surface area contributed by atoms with Crippen molar-refractivity contribution in [3.05, 3.63) is 46.7 Å². The quantitative estimate of drug-likeness (QED) is 0.568. The molecule has 0 bridgehead atoms. The van der Waals surface area contributed by atoms with Crippen molar-refractivity contribution in [1.82, 2.24) is 9.88 Å².